The van der Waals surface area contributed by atoms with E-state index in [0.717, 1.165) is 24.7 Å². The van der Waals surface area contributed by atoms with Gasteiger partial charge in [-0.2, -0.15) is 0 Å². The van der Waals surface area contributed by atoms with E-state index in [4.69, 9.17) is 0 Å². The maximum absolute atomic E-state index is 11.8. The highest BCUT2D eigenvalue weighted by Gasteiger charge is 2.46. The minimum Gasteiger partial charge on any atom is -0.293 e. The highest BCUT2D eigenvalue weighted by molar-refractivity contribution is 5.81. The van der Waals surface area contributed by atoms with Crippen LogP contribution in [0.25, 0.3) is 0 Å². The Morgan fingerprint density at radius 2 is 1.83 bits per heavy atom. The summed E-state index contributed by atoms with van der Waals surface area (Å²) in [4.78, 5) is 10.7. The Balaban J connectivity index is 1.77. The van der Waals surface area contributed by atoms with Crippen LogP contribution in [0.3, 0.4) is 0 Å². The fraction of sp³-hybridized carbons (Fsp3) is 0.889. The molecule has 0 aromatic rings. The molecule has 2 atom stereocenters. The van der Waals surface area contributed by atoms with E-state index >= 15 is 0 Å². The van der Waals surface area contributed by atoms with Crippen LogP contribution in [0.2, 0.25) is 0 Å². The zero-order chi connectivity index (χ0) is 8.72. The van der Waals surface area contributed by atoms with Gasteiger partial charge in [-0.3, -0.25) is 4.79 Å². The number of alkyl halides is 2. The zero-order valence-electron chi connectivity index (χ0n) is 6.80. The summed E-state index contributed by atoms with van der Waals surface area (Å²) in [5.41, 5.74) is 0. The highest BCUT2D eigenvalue weighted by atomic mass is 19.3. The van der Waals surface area contributed by atoms with Crippen LogP contribution >= 0.6 is 0 Å². The molecule has 0 bridgehead atoms. The normalized spacial score (nSPS) is 38.4. The molecule has 2 aliphatic rings. The van der Waals surface area contributed by atoms with Crippen LogP contribution in [-0.4, -0.2) is 12.2 Å². The summed E-state index contributed by atoms with van der Waals surface area (Å²) in [7, 11) is 0. The van der Waals surface area contributed by atoms with E-state index < -0.39 is 12.2 Å². The second-order valence-electron chi connectivity index (χ2n) is 4.06. The summed E-state index contributed by atoms with van der Waals surface area (Å²) in [6.45, 7) is 0. The molecule has 0 heterocycles. The Morgan fingerprint density at radius 1 is 1.25 bits per heavy atom. The average Bonchev–Trinajstić information content (AvgIpc) is 2.59. The van der Waals surface area contributed by atoms with Crippen LogP contribution in [0.5, 0.6) is 0 Å². The fourth-order valence-corrected chi connectivity index (χ4v) is 2.38. The quantitative estimate of drug-likeness (QED) is 0.641. The van der Waals surface area contributed by atoms with Crippen LogP contribution in [0.1, 0.15) is 25.7 Å². The predicted molar refractivity (Wildman–Crippen MR) is 39.9 cm³/mol. The van der Waals surface area contributed by atoms with Crippen LogP contribution in [-0.2, 0) is 4.79 Å². The Hall–Kier alpha value is -0.470. The molecule has 0 saturated heterocycles. The number of Topliss-reactive ketones (excluding diaryl/α,β-unsaturated/α-hetero) is 1. The van der Waals surface area contributed by atoms with Crippen LogP contribution < -0.4 is 0 Å². The monoisotopic (exact) mass is 174 g/mol. The van der Waals surface area contributed by atoms with E-state index in [1.54, 1.807) is 0 Å². The summed E-state index contributed by atoms with van der Waals surface area (Å²) < 4.78 is 23.7. The molecule has 12 heavy (non-hydrogen) atoms. The van der Waals surface area contributed by atoms with Gasteiger partial charge in [0.2, 0.25) is 0 Å². The molecular weight excluding hydrogens is 162 g/mol. The van der Waals surface area contributed by atoms with Gasteiger partial charge in [-0.15, -0.1) is 0 Å². The molecule has 2 fully saturated rings. The van der Waals surface area contributed by atoms with E-state index in [9.17, 15) is 13.6 Å². The van der Waals surface area contributed by atoms with Crippen molar-refractivity contribution in [3.05, 3.63) is 0 Å². The number of fused-ring (bicyclic) bond motifs is 1. The highest BCUT2D eigenvalue weighted by Crippen LogP contribution is 2.55. The molecule has 2 aliphatic carbocycles. The molecule has 0 radical (unpaired) electrons. The molecule has 0 aromatic carbocycles. The third kappa shape index (κ3) is 1.50. The number of carbonyl (C=O) groups is 1. The molecule has 2 unspecified atom stereocenters. The third-order valence-corrected chi connectivity index (χ3v) is 3.07. The van der Waals surface area contributed by atoms with E-state index in [1.807, 2.05) is 0 Å². The molecule has 0 aromatic heterocycles. The number of rotatable bonds is 3. The van der Waals surface area contributed by atoms with Gasteiger partial charge in [-0.05, 0) is 37.0 Å². The average molecular weight is 174 g/mol. The Kier molecular flexibility index (Phi) is 1.89. The van der Waals surface area contributed by atoms with Crippen molar-refractivity contribution in [2.45, 2.75) is 32.1 Å². The summed E-state index contributed by atoms with van der Waals surface area (Å²) in [6.07, 6.45) is 0.679. The Bertz CT molecular complexity index is 193. The van der Waals surface area contributed by atoms with Crippen molar-refractivity contribution in [1.29, 1.82) is 0 Å². The maximum atomic E-state index is 11.8. The van der Waals surface area contributed by atoms with Gasteiger partial charge in [-0.1, -0.05) is 0 Å². The molecule has 0 aliphatic heterocycles. The van der Waals surface area contributed by atoms with Crippen LogP contribution in [0, 0.1) is 17.8 Å². The summed E-state index contributed by atoms with van der Waals surface area (Å²) >= 11 is 0. The van der Waals surface area contributed by atoms with Gasteiger partial charge in [0.25, 0.3) is 6.43 Å². The van der Waals surface area contributed by atoms with Gasteiger partial charge < -0.3 is 0 Å². The first kappa shape index (κ1) is 8.14. The van der Waals surface area contributed by atoms with Gasteiger partial charge in [0.05, 0.1) is 0 Å². The molecule has 0 N–H and O–H groups in total. The molecular formula is C9H12F2O. The molecule has 1 nitrogen and oxygen atoms in total. The van der Waals surface area contributed by atoms with Gasteiger partial charge in [0.1, 0.15) is 0 Å². The second kappa shape index (κ2) is 2.79. The summed E-state index contributed by atoms with van der Waals surface area (Å²) in [5, 5.41) is 0. The van der Waals surface area contributed by atoms with Crippen molar-refractivity contribution in [1.82, 2.24) is 0 Å². The summed E-state index contributed by atoms with van der Waals surface area (Å²) in [6, 6.07) is 0. The summed E-state index contributed by atoms with van der Waals surface area (Å²) in [5.74, 6) is 0.970. The van der Waals surface area contributed by atoms with Crippen molar-refractivity contribution in [2.24, 2.45) is 17.8 Å². The van der Waals surface area contributed by atoms with E-state index in [-0.39, 0.29) is 12.3 Å². The van der Waals surface area contributed by atoms with Crippen molar-refractivity contribution >= 4 is 5.78 Å². The maximum Gasteiger partial charge on any atom is 0.295 e. The van der Waals surface area contributed by atoms with Crippen molar-refractivity contribution in [2.75, 3.05) is 0 Å². The van der Waals surface area contributed by atoms with E-state index in [1.165, 1.54) is 6.42 Å². The standard InChI is InChI=1S/C9H12F2O/c10-9(11)8(12)3-5-1-6-4-7(6)2-5/h5-7,9H,1-4H2. The Labute approximate surface area is 70.1 Å². The minimum absolute atomic E-state index is 0.116. The van der Waals surface area contributed by atoms with Crippen LogP contribution in [0.4, 0.5) is 8.78 Å². The topological polar surface area (TPSA) is 17.1 Å². The fourth-order valence-electron chi connectivity index (χ4n) is 2.38. The van der Waals surface area contributed by atoms with Gasteiger partial charge in [0, 0.05) is 6.42 Å². The number of carbonyl (C=O) groups excluding carboxylic acids is 1. The smallest absolute Gasteiger partial charge is 0.293 e. The number of hydrogen-bond acceptors (Lipinski definition) is 1. The molecule has 68 valence electrons. The lowest BCUT2D eigenvalue weighted by Gasteiger charge is -2.09. The van der Waals surface area contributed by atoms with Crippen molar-refractivity contribution in [3.63, 3.8) is 0 Å². The van der Waals surface area contributed by atoms with Gasteiger partial charge >= 0.3 is 0 Å². The molecule has 0 amide bonds. The third-order valence-electron chi connectivity index (χ3n) is 3.07. The number of hydrogen-bond donors (Lipinski definition) is 0. The first-order valence-electron chi connectivity index (χ1n) is 4.47. The SMILES string of the molecule is O=C(CC1CC2CC2C1)C(F)F. The lowest BCUT2D eigenvalue weighted by atomic mass is 9.97. The van der Waals surface area contributed by atoms with Crippen molar-refractivity contribution < 1.29 is 13.6 Å². The van der Waals surface area contributed by atoms with Gasteiger partial charge in [-0.25, -0.2) is 8.78 Å². The predicted octanol–water partition coefficient (Wildman–Crippen LogP) is 2.26. The van der Waals surface area contributed by atoms with Gasteiger partial charge in [0.15, 0.2) is 5.78 Å². The molecule has 0 spiro atoms. The minimum atomic E-state index is -2.75. The lowest BCUT2D eigenvalue weighted by molar-refractivity contribution is -0.130. The molecule has 3 heteroatoms. The molecule has 2 saturated carbocycles. The lowest BCUT2D eigenvalue weighted by Crippen LogP contribution is -2.14. The number of halogens is 2. The van der Waals surface area contributed by atoms with Crippen molar-refractivity contribution in [3.8, 4) is 0 Å². The zero-order valence-corrected chi connectivity index (χ0v) is 6.80. The molecule has 2 rings (SSSR count). The number of ketones is 1. The van der Waals surface area contributed by atoms with E-state index in [2.05, 4.69) is 0 Å². The first-order chi connectivity index (χ1) is 5.66. The first-order valence-corrected chi connectivity index (χ1v) is 4.47. The second-order valence-corrected chi connectivity index (χ2v) is 4.06. The largest absolute Gasteiger partial charge is 0.295 e. The van der Waals surface area contributed by atoms with E-state index in [0.29, 0.717) is 0 Å². The van der Waals surface area contributed by atoms with Crippen LogP contribution in [0.15, 0.2) is 0 Å². The Morgan fingerprint density at radius 3 is 2.33 bits per heavy atom.